The fourth-order valence-corrected chi connectivity index (χ4v) is 2.36. The summed E-state index contributed by atoms with van der Waals surface area (Å²) in [6, 6.07) is 7.96. The van der Waals surface area contributed by atoms with Crippen LogP contribution in [0.25, 0.3) is 0 Å². The molecule has 9 heteroatoms. The van der Waals surface area contributed by atoms with E-state index in [0.717, 1.165) is 17.0 Å². The lowest BCUT2D eigenvalue weighted by molar-refractivity contribution is -0.114. The minimum absolute atomic E-state index is 0.00920. The summed E-state index contributed by atoms with van der Waals surface area (Å²) in [5.74, 6) is 0.525. The van der Waals surface area contributed by atoms with Gasteiger partial charge in [0.25, 0.3) is 0 Å². The van der Waals surface area contributed by atoms with E-state index in [1.54, 1.807) is 12.1 Å². The number of hydrogen-bond acceptors (Lipinski definition) is 6. The third kappa shape index (κ3) is 4.82. The molecular formula is C17H18FN7O. The number of benzene rings is 1. The van der Waals surface area contributed by atoms with Crippen molar-refractivity contribution in [2.45, 2.75) is 20.3 Å². The molecule has 0 saturated heterocycles. The van der Waals surface area contributed by atoms with E-state index in [1.165, 1.54) is 12.1 Å². The molecular weight excluding hydrogens is 337 g/mol. The van der Waals surface area contributed by atoms with Gasteiger partial charge < -0.3 is 5.32 Å². The number of hydrogen-bond donors (Lipinski definition) is 3. The summed E-state index contributed by atoms with van der Waals surface area (Å²) >= 11 is 0. The molecule has 0 fully saturated rings. The Morgan fingerprint density at radius 3 is 2.46 bits per heavy atom. The maximum Gasteiger partial charge on any atom is 0.248 e. The number of anilines is 2. The Morgan fingerprint density at radius 1 is 1.08 bits per heavy atom. The minimum Gasteiger partial charge on any atom is -0.345 e. The Bertz CT molecular complexity index is 887. The minimum atomic E-state index is -0.319. The van der Waals surface area contributed by atoms with Gasteiger partial charge in [-0.15, -0.1) is 5.10 Å². The number of amides is 1. The molecule has 3 aromatic rings. The number of carbonyl (C=O) groups excluding carboxylic acids is 1. The van der Waals surface area contributed by atoms with Crippen LogP contribution in [0.4, 0.5) is 16.3 Å². The molecule has 0 unspecified atom stereocenters. The molecule has 2 aromatic heterocycles. The summed E-state index contributed by atoms with van der Waals surface area (Å²) in [6.07, 6.45) is 0.456. The Labute approximate surface area is 149 Å². The number of H-pyrrole nitrogens is 1. The number of aromatic amines is 1. The van der Waals surface area contributed by atoms with Gasteiger partial charge in [-0.2, -0.15) is 4.98 Å². The highest BCUT2D eigenvalue weighted by atomic mass is 19.1. The summed E-state index contributed by atoms with van der Waals surface area (Å²) in [6.45, 7) is 3.71. The highest BCUT2D eigenvalue weighted by molar-refractivity contribution is 5.91. The molecule has 3 rings (SSSR count). The van der Waals surface area contributed by atoms with Crippen LogP contribution < -0.4 is 10.6 Å². The maximum atomic E-state index is 12.9. The molecule has 0 atom stereocenters. The second-order valence-corrected chi connectivity index (χ2v) is 5.78. The van der Waals surface area contributed by atoms with Crippen LogP contribution in [0.15, 0.2) is 30.3 Å². The van der Waals surface area contributed by atoms with Gasteiger partial charge in [0.15, 0.2) is 0 Å². The number of rotatable bonds is 6. The molecule has 0 aliphatic carbocycles. The zero-order valence-corrected chi connectivity index (χ0v) is 14.4. The molecule has 3 N–H and O–H groups in total. The van der Waals surface area contributed by atoms with E-state index in [2.05, 4.69) is 35.8 Å². The second kappa shape index (κ2) is 7.68. The molecule has 0 radical (unpaired) electrons. The van der Waals surface area contributed by atoms with Crippen LogP contribution in [-0.4, -0.2) is 37.6 Å². The van der Waals surface area contributed by atoms with Gasteiger partial charge in [0.1, 0.15) is 11.6 Å². The molecule has 0 spiro atoms. The first-order valence-corrected chi connectivity index (χ1v) is 7.99. The van der Waals surface area contributed by atoms with Crippen molar-refractivity contribution in [1.82, 2.24) is 25.1 Å². The quantitative estimate of drug-likeness (QED) is 0.624. The van der Waals surface area contributed by atoms with Crippen LogP contribution in [0.5, 0.6) is 0 Å². The van der Waals surface area contributed by atoms with Crippen molar-refractivity contribution >= 4 is 17.8 Å². The molecule has 26 heavy (non-hydrogen) atoms. The van der Waals surface area contributed by atoms with Gasteiger partial charge in [-0.1, -0.05) is 12.1 Å². The first kappa shape index (κ1) is 17.5. The van der Waals surface area contributed by atoms with Crippen LogP contribution in [0.2, 0.25) is 0 Å². The first-order valence-electron chi connectivity index (χ1n) is 7.99. The molecule has 2 heterocycles. The summed E-state index contributed by atoms with van der Waals surface area (Å²) in [5.41, 5.74) is 2.52. The lowest BCUT2D eigenvalue weighted by Crippen LogP contribution is -2.23. The SMILES string of the molecule is Cc1cc(C)nc(NCC(=O)Nc2n[nH]c(Cc3ccc(F)cc3)n2)n1. The van der Waals surface area contributed by atoms with Crippen molar-refractivity contribution in [3.8, 4) is 0 Å². The molecule has 1 amide bonds. The first-order chi connectivity index (χ1) is 12.5. The number of nitrogens with zero attached hydrogens (tertiary/aromatic N) is 4. The fraction of sp³-hybridized carbons (Fsp3) is 0.235. The van der Waals surface area contributed by atoms with Crippen LogP contribution in [0.1, 0.15) is 22.8 Å². The van der Waals surface area contributed by atoms with Crippen LogP contribution in [0.3, 0.4) is 0 Å². The highest BCUT2D eigenvalue weighted by Crippen LogP contribution is 2.09. The Morgan fingerprint density at radius 2 is 1.77 bits per heavy atom. The van der Waals surface area contributed by atoms with Crippen molar-refractivity contribution in [3.05, 3.63) is 58.9 Å². The van der Waals surface area contributed by atoms with Crippen molar-refractivity contribution in [1.29, 1.82) is 0 Å². The normalized spacial score (nSPS) is 10.6. The Balaban J connectivity index is 1.53. The van der Waals surface area contributed by atoms with Crippen molar-refractivity contribution in [3.63, 3.8) is 0 Å². The monoisotopic (exact) mass is 355 g/mol. The Hall–Kier alpha value is -3.36. The topological polar surface area (TPSA) is 108 Å². The number of aromatic nitrogens is 5. The lowest BCUT2D eigenvalue weighted by atomic mass is 10.1. The zero-order valence-electron chi connectivity index (χ0n) is 14.4. The number of aryl methyl sites for hydroxylation is 2. The fourth-order valence-electron chi connectivity index (χ4n) is 2.36. The predicted molar refractivity (Wildman–Crippen MR) is 94.2 cm³/mol. The van der Waals surface area contributed by atoms with Crippen LogP contribution in [0, 0.1) is 19.7 Å². The predicted octanol–water partition coefficient (Wildman–Crippen LogP) is 1.99. The van der Waals surface area contributed by atoms with E-state index in [0.29, 0.717) is 18.2 Å². The lowest BCUT2D eigenvalue weighted by Gasteiger charge is -2.05. The molecule has 0 aliphatic heterocycles. The number of nitrogens with one attached hydrogen (secondary N) is 3. The molecule has 8 nitrogen and oxygen atoms in total. The van der Waals surface area contributed by atoms with Gasteiger partial charge in [-0.3, -0.25) is 15.2 Å². The largest absolute Gasteiger partial charge is 0.345 e. The van der Waals surface area contributed by atoms with E-state index in [4.69, 9.17) is 0 Å². The summed E-state index contributed by atoms with van der Waals surface area (Å²) in [5, 5.41) is 12.1. The zero-order chi connectivity index (χ0) is 18.5. The third-order valence-corrected chi connectivity index (χ3v) is 3.46. The van der Waals surface area contributed by atoms with Gasteiger partial charge >= 0.3 is 0 Å². The van der Waals surface area contributed by atoms with Crippen molar-refractivity contribution < 1.29 is 9.18 Å². The molecule has 0 bridgehead atoms. The van der Waals surface area contributed by atoms with Gasteiger partial charge in [-0.25, -0.2) is 14.4 Å². The van der Waals surface area contributed by atoms with E-state index in [9.17, 15) is 9.18 Å². The summed E-state index contributed by atoms with van der Waals surface area (Å²) in [4.78, 5) is 24.6. The van der Waals surface area contributed by atoms with Crippen molar-refractivity contribution in [2.24, 2.45) is 0 Å². The molecule has 0 saturated carbocycles. The van der Waals surface area contributed by atoms with Crippen LogP contribution in [-0.2, 0) is 11.2 Å². The van der Waals surface area contributed by atoms with E-state index in [-0.39, 0.29) is 24.2 Å². The van der Waals surface area contributed by atoms with Crippen LogP contribution >= 0.6 is 0 Å². The summed E-state index contributed by atoms with van der Waals surface area (Å²) < 4.78 is 12.9. The van der Waals surface area contributed by atoms with E-state index < -0.39 is 0 Å². The average Bonchev–Trinajstić information content (AvgIpc) is 3.01. The smallest absolute Gasteiger partial charge is 0.248 e. The van der Waals surface area contributed by atoms with Gasteiger partial charge in [0.2, 0.25) is 17.8 Å². The third-order valence-electron chi connectivity index (χ3n) is 3.46. The second-order valence-electron chi connectivity index (χ2n) is 5.78. The number of carbonyl (C=O) groups is 1. The van der Waals surface area contributed by atoms with Gasteiger partial charge in [0, 0.05) is 17.8 Å². The van der Waals surface area contributed by atoms with Crippen molar-refractivity contribution in [2.75, 3.05) is 17.2 Å². The average molecular weight is 355 g/mol. The van der Waals surface area contributed by atoms with E-state index in [1.807, 2.05) is 19.9 Å². The molecule has 134 valence electrons. The van der Waals surface area contributed by atoms with Gasteiger partial charge in [-0.05, 0) is 37.6 Å². The molecule has 1 aromatic carbocycles. The standard InChI is InChI=1S/C17H18FN7O/c1-10-7-11(2)21-16(20-10)19-9-15(26)23-17-22-14(24-25-17)8-12-3-5-13(18)6-4-12/h3-7H,8-9H2,1-2H3,(H,19,20,21)(H2,22,23,24,25,26). The number of halogens is 1. The highest BCUT2D eigenvalue weighted by Gasteiger charge is 2.09. The van der Waals surface area contributed by atoms with E-state index >= 15 is 0 Å². The molecule has 0 aliphatic rings. The maximum absolute atomic E-state index is 12.9. The van der Waals surface area contributed by atoms with Gasteiger partial charge in [0.05, 0.1) is 6.54 Å². The Kier molecular flexibility index (Phi) is 5.16. The summed E-state index contributed by atoms with van der Waals surface area (Å²) in [7, 11) is 0.